The molecule has 0 saturated carbocycles. The zero-order valence-electron chi connectivity index (χ0n) is 14.6. The molecule has 0 aliphatic rings. The molecule has 0 aromatic rings. The van der Waals surface area contributed by atoms with Crippen LogP contribution in [0.3, 0.4) is 0 Å². The molecule has 0 fully saturated rings. The molecule has 0 amide bonds. The molecule has 0 rings (SSSR count). The van der Waals surface area contributed by atoms with Gasteiger partial charge in [-0.1, -0.05) is 86.8 Å². The van der Waals surface area contributed by atoms with Crippen LogP contribution in [0.15, 0.2) is 0 Å². The lowest BCUT2D eigenvalue weighted by Gasteiger charge is -2.41. The van der Waals surface area contributed by atoms with E-state index in [-0.39, 0.29) is 0 Å². The zero-order valence-corrected chi connectivity index (χ0v) is 14.6. The Morgan fingerprint density at radius 2 is 1.44 bits per heavy atom. The highest BCUT2D eigenvalue weighted by Crippen LogP contribution is 2.47. The van der Waals surface area contributed by atoms with Gasteiger partial charge >= 0.3 is 0 Å². The van der Waals surface area contributed by atoms with E-state index < -0.39 is 0 Å². The summed E-state index contributed by atoms with van der Waals surface area (Å²) in [6, 6.07) is 0. The molecule has 0 nitrogen and oxygen atoms in total. The standard InChI is InChI=1S/C17H37B/c1-10-16(6,7)17(8,9)18-12-11-14(2)13-15(3,4)5/h14,18H,10-13H2,1-9H3/t14-/m0/s1. The Bertz CT molecular complexity index is 232. The van der Waals surface area contributed by atoms with Gasteiger partial charge < -0.3 is 0 Å². The first-order valence-electron chi connectivity index (χ1n) is 7.91. The van der Waals surface area contributed by atoms with Gasteiger partial charge in [0.1, 0.15) is 7.28 Å². The third kappa shape index (κ3) is 6.30. The number of rotatable bonds is 7. The summed E-state index contributed by atoms with van der Waals surface area (Å²) in [5, 5.41) is 0.462. The highest BCUT2D eigenvalue weighted by Gasteiger charge is 2.35. The van der Waals surface area contributed by atoms with Gasteiger partial charge in [-0.15, -0.1) is 0 Å². The molecule has 0 radical (unpaired) electrons. The minimum absolute atomic E-state index is 0.459. The first-order chi connectivity index (χ1) is 7.91. The maximum atomic E-state index is 2.45. The van der Waals surface area contributed by atoms with E-state index in [9.17, 15) is 0 Å². The Morgan fingerprint density at radius 1 is 0.944 bits per heavy atom. The summed E-state index contributed by atoms with van der Waals surface area (Å²) >= 11 is 0. The van der Waals surface area contributed by atoms with Gasteiger partial charge in [0.15, 0.2) is 0 Å². The van der Waals surface area contributed by atoms with Crippen molar-refractivity contribution in [3.63, 3.8) is 0 Å². The van der Waals surface area contributed by atoms with Gasteiger partial charge in [-0.3, -0.25) is 0 Å². The second-order valence-corrected chi connectivity index (χ2v) is 8.88. The van der Waals surface area contributed by atoms with E-state index in [1.165, 1.54) is 32.9 Å². The van der Waals surface area contributed by atoms with Crippen molar-refractivity contribution >= 4 is 7.28 Å². The van der Waals surface area contributed by atoms with Crippen molar-refractivity contribution in [2.24, 2.45) is 16.7 Å². The quantitative estimate of drug-likeness (QED) is 0.492. The fourth-order valence-corrected chi connectivity index (χ4v) is 2.86. The molecule has 0 unspecified atom stereocenters. The Balaban J connectivity index is 4.12. The molecule has 0 bridgehead atoms. The van der Waals surface area contributed by atoms with Crippen LogP contribution in [-0.4, -0.2) is 7.28 Å². The summed E-state index contributed by atoms with van der Waals surface area (Å²) < 4.78 is 0. The lowest BCUT2D eigenvalue weighted by atomic mass is 9.42. The second kappa shape index (κ2) is 6.48. The van der Waals surface area contributed by atoms with E-state index in [0.29, 0.717) is 16.1 Å². The van der Waals surface area contributed by atoms with Gasteiger partial charge in [0, 0.05) is 0 Å². The summed E-state index contributed by atoms with van der Waals surface area (Å²) in [5.41, 5.74) is 0.942. The Kier molecular flexibility index (Phi) is 6.51. The molecular formula is C17H37B. The highest BCUT2D eigenvalue weighted by molar-refractivity contribution is 6.40. The minimum Gasteiger partial charge on any atom is -0.0767 e. The van der Waals surface area contributed by atoms with Gasteiger partial charge in [0.2, 0.25) is 0 Å². The van der Waals surface area contributed by atoms with Crippen molar-refractivity contribution in [3.8, 4) is 0 Å². The van der Waals surface area contributed by atoms with Crippen molar-refractivity contribution in [3.05, 3.63) is 0 Å². The van der Waals surface area contributed by atoms with Gasteiger partial charge in [-0.25, -0.2) is 0 Å². The third-order valence-corrected chi connectivity index (χ3v) is 5.18. The van der Waals surface area contributed by atoms with Gasteiger partial charge in [-0.05, 0) is 23.2 Å². The number of hydrogen-bond acceptors (Lipinski definition) is 0. The molecule has 1 heteroatoms. The van der Waals surface area contributed by atoms with E-state index in [1.807, 2.05) is 0 Å². The van der Waals surface area contributed by atoms with Crippen LogP contribution in [0.25, 0.3) is 0 Å². The molecule has 0 spiro atoms. The molecule has 108 valence electrons. The average molecular weight is 252 g/mol. The monoisotopic (exact) mass is 252 g/mol. The fraction of sp³-hybridized carbons (Fsp3) is 1.00. The van der Waals surface area contributed by atoms with Gasteiger partial charge in [0.25, 0.3) is 0 Å². The molecule has 0 aromatic carbocycles. The molecule has 18 heavy (non-hydrogen) atoms. The Labute approximate surface area is 118 Å². The SMILES string of the molecule is CCC(C)(C)C(C)(C)BCC[C@H](C)CC(C)(C)C. The van der Waals surface area contributed by atoms with Crippen LogP contribution in [0.4, 0.5) is 0 Å². The van der Waals surface area contributed by atoms with E-state index in [2.05, 4.69) is 62.3 Å². The lowest BCUT2D eigenvalue weighted by molar-refractivity contribution is 0.252. The molecule has 0 heterocycles. The third-order valence-electron chi connectivity index (χ3n) is 5.18. The van der Waals surface area contributed by atoms with Crippen molar-refractivity contribution in [2.45, 2.75) is 93.2 Å². The number of hydrogen-bond donors (Lipinski definition) is 0. The summed E-state index contributed by atoms with van der Waals surface area (Å²) in [6.45, 7) is 21.6. The predicted octanol–water partition coefficient (Wildman–Crippen LogP) is 5.94. The Hall–Kier alpha value is 0.0649. The first kappa shape index (κ1) is 18.1. The van der Waals surface area contributed by atoms with Crippen molar-refractivity contribution < 1.29 is 0 Å². The lowest BCUT2D eigenvalue weighted by Crippen LogP contribution is -2.31. The van der Waals surface area contributed by atoms with Crippen LogP contribution in [0.2, 0.25) is 11.6 Å². The molecule has 0 aliphatic carbocycles. The average Bonchev–Trinajstić information content (AvgIpc) is 2.14. The summed E-state index contributed by atoms with van der Waals surface area (Å²) in [5.74, 6) is 0.866. The Morgan fingerprint density at radius 3 is 1.83 bits per heavy atom. The molecule has 0 saturated heterocycles. The highest BCUT2D eigenvalue weighted by atomic mass is 14.3. The maximum Gasteiger partial charge on any atom is 0.128 e. The normalized spacial score (nSPS) is 15.6. The molecule has 1 atom stereocenters. The smallest absolute Gasteiger partial charge is 0.0767 e. The van der Waals surface area contributed by atoms with Crippen LogP contribution in [-0.2, 0) is 0 Å². The maximum absolute atomic E-state index is 2.45. The molecule has 0 aromatic heterocycles. The van der Waals surface area contributed by atoms with Crippen LogP contribution in [0, 0.1) is 16.7 Å². The van der Waals surface area contributed by atoms with Gasteiger partial charge in [0.05, 0.1) is 0 Å². The predicted molar refractivity (Wildman–Crippen MR) is 87.9 cm³/mol. The zero-order chi connectivity index (χ0) is 14.6. The molecule has 0 N–H and O–H groups in total. The van der Waals surface area contributed by atoms with Crippen LogP contribution in [0.1, 0.15) is 81.6 Å². The van der Waals surface area contributed by atoms with Crippen LogP contribution < -0.4 is 0 Å². The fourth-order valence-electron chi connectivity index (χ4n) is 2.86. The molecule has 0 aliphatic heterocycles. The van der Waals surface area contributed by atoms with E-state index in [4.69, 9.17) is 0 Å². The van der Waals surface area contributed by atoms with Gasteiger partial charge in [-0.2, -0.15) is 0 Å². The summed E-state index contributed by atoms with van der Waals surface area (Å²) in [4.78, 5) is 0. The van der Waals surface area contributed by atoms with E-state index in [1.54, 1.807) is 0 Å². The van der Waals surface area contributed by atoms with Crippen molar-refractivity contribution in [2.75, 3.05) is 0 Å². The minimum atomic E-state index is 0.459. The summed E-state index contributed by atoms with van der Waals surface area (Å²) in [6.07, 6.45) is 5.40. The van der Waals surface area contributed by atoms with Crippen LogP contribution in [0.5, 0.6) is 0 Å². The van der Waals surface area contributed by atoms with E-state index >= 15 is 0 Å². The van der Waals surface area contributed by atoms with Crippen LogP contribution >= 0.6 is 0 Å². The molecular weight excluding hydrogens is 215 g/mol. The first-order valence-corrected chi connectivity index (χ1v) is 7.91. The van der Waals surface area contributed by atoms with Crippen molar-refractivity contribution in [1.82, 2.24) is 0 Å². The topological polar surface area (TPSA) is 0 Å². The van der Waals surface area contributed by atoms with E-state index in [0.717, 1.165) is 5.92 Å². The summed E-state index contributed by atoms with van der Waals surface area (Å²) in [7, 11) is 1.36. The second-order valence-electron chi connectivity index (χ2n) is 8.88. The largest absolute Gasteiger partial charge is 0.128 e. The van der Waals surface area contributed by atoms with Crippen molar-refractivity contribution in [1.29, 1.82) is 0 Å².